The van der Waals surface area contributed by atoms with Gasteiger partial charge in [-0.05, 0) is 64.0 Å². The van der Waals surface area contributed by atoms with Crippen molar-refractivity contribution in [1.29, 1.82) is 0 Å². The Bertz CT molecular complexity index is 1090. The van der Waals surface area contributed by atoms with Gasteiger partial charge in [0.05, 0.1) is 11.8 Å². The first-order valence-electron chi connectivity index (χ1n) is 13.0. The highest BCUT2D eigenvalue weighted by atomic mass is 16.4. The molecule has 0 heterocycles. The van der Waals surface area contributed by atoms with E-state index in [0.29, 0.717) is 12.8 Å². The highest BCUT2D eigenvalue weighted by Crippen LogP contribution is 2.48. The molecule has 1 aliphatic carbocycles. The normalized spacial score (nSPS) is 17.7. The minimum absolute atomic E-state index is 0.122. The summed E-state index contributed by atoms with van der Waals surface area (Å²) in [6.07, 6.45) is 6.48. The fourth-order valence-corrected chi connectivity index (χ4v) is 5.55. The number of hydrogen-bond donors (Lipinski definition) is 2. The molecule has 0 bridgehead atoms. The molecule has 190 valence electrons. The molecule has 2 N–H and O–H groups in total. The van der Waals surface area contributed by atoms with Crippen molar-refractivity contribution in [2.24, 2.45) is 22.7 Å². The van der Waals surface area contributed by atoms with Gasteiger partial charge in [0.1, 0.15) is 0 Å². The number of carbonyl (C=O) groups is 2. The number of rotatable bonds is 10. The zero-order valence-electron chi connectivity index (χ0n) is 22.2. The van der Waals surface area contributed by atoms with Gasteiger partial charge in [0.15, 0.2) is 0 Å². The predicted molar refractivity (Wildman–Crippen MR) is 144 cm³/mol. The second-order valence-corrected chi connectivity index (χ2v) is 12.7. The van der Waals surface area contributed by atoms with E-state index in [-0.39, 0.29) is 10.8 Å². The van der Waals surface area contributed by atoms with Crippen LogP contribution in [0.5, 0.6) is 0 Å². The third-order valence-electron chi connectivity index (χ3n) is 7.27. The van der Waals surface area contributed by atoms with Crippen molar-refractivity contribution >= 4 is 28.8 Å². The van der Waals surface area contributed by atoms with E-state index in [4.69, 9.17) is 0 Å². The van der Waals surface area contributed by atoms with E-state index in [2.05, 4.69) is 41.5 Å². The summed E-state index contributed by atoms with van der Waals surface area (Å²) in [4.78, 5) is 25.3. The van der Waals surface area contributed by atoms with Crippen LogP contribution in [0, 0.1) is 22.7 Å². The molecule has 1 aliphatic rings. The highest BCUT2D eigenvalue weighted by Gasteiger charge is 2.40. The molecule has 3 rings (SSSR count). The van der Waals surface area contributed by atoms with E-state index in [1.54, 1.807) is 0 Å². The minimum Gasteiger partial charge on any atom is -0.481 e. The van der Waals surface area contributed by atoms with Gasteiger partial charge in [0.2, 0.25) is 0 Å². The van der Waals surface area contributed by atoms with Crippen molar-refractivity contribution in [3.8, 4) is 0 Å². The number of carboxylic acid groups (broad SMARTS) is 2. The molecule has 0 saturated heterocycles. The summed E-state index contributed by atoms with van der Waals surface area (Å²) in [6, 6.07) is 12.1. The first kappa shape index (κ1) is 27.0. The van der Waals surface area contributed by atoms with E-state index in [1.165, 1.54) is 0 Å². The molecule has 2 aromatic carbocycles. The Kier molecular flexibility index (Phi) is 8.14. The number of aliphatic carboxylic acids is 2. The average molecular weight is 479 g/mol. The standard InChI is InChI=1S/C31H42O4/c1-30(2,3)17-9-15-22(28(32)33)25-19-21-13-7-11-20-12-8-14-23(26(20)21)27(25)24(29(34)35)16-10-18-31(4,5)6/h7-8,11-14,19,22,24,27H,9-10,15-18H2,1-6H3,(H,32,33)(H,34,35). The molecule has 35 heavy (non-hydrogen) atoms. The third kappa shape index (κ3) is 6.74. The topological polar surface area (TPSA) is 74.6 Å². The lowest BCUT2D eigenvalue weighted by Gasteiger charge is -2.35. The lowest BCUT2D eigenvalue weighted by molar-refractivity contribution is -0.144. The summed E-state index contributed by atoms with van der Waals surface area (Å²) < 4.78 is 0. The van der Waals surface area contributed by atoms with E-state index in [1.807, 2.05) is 42.5 Å². The van der Waals surface area contributed by atoms with Crippen LogP contribution >= 0.6 is 0 Å². The van der Waals surface area contributed by atoms with Crippen LogP contribution in [-0.4, -0.2) is 22.2 Å². The maximum absolute atomic E-state index is 12.7. The molecule has 4 heteroatoms. The molecule has 0 aliphatic heterocycles. The van der Waals surface area contributed by atoms with Crippen LogP contribution in [0.4, 0.5) is 0 Å². The Morgan fingerprint density at radius 2 is 1.40 bits per heavy atom. The van der Waals surface area contributed by atoms with Gasteiger partial charge in [-0.2, -0.15) is 0 Å². The quantitative estimate of drug-likeness (QED) is 0.361. The molecule has 0 fully saturated rings. The summed E-state index contributed by atoms with van der Waals surface area (Å²) in [5.41, 5.74) is 2.95. The van der Waals surface area contributed by atoms with Crippen molar-refractivity contribution in [3.05, 3.63) is 53.1 Å². The highest BCUT2D eigenvalue weighted by molar-refractivity contribution is 5.98. The summed E-state index contributed by atoms with van der Waals surface area (Å²) in [5, 5.41) is 22.9. The molecule has 0 aromatic heterocycles. The van der Waals surface area contributed by atoms with Crippen molar-refractivity contribution < 1.29 is 19.8 Å². The van der Waals surface area contributed by atoms with E-state index in [0.717, 1.165) is 53.2 Å². The number of hydrogen-bond acceptors (Lipinski definition) is 2. The molecule has 0 spiro atoms. The molecule has 3 atom stereocenters. The molecule has 0 radical (unpaired) electrons. The van der Waals surface area contributed by atoms with Gasteiger partial charge in [0.25, 0.3) is 0 Å². The summed E-state index contributed by atoms with van der Waals surface area (Å²) in [5.74, 6) is -3.50. The van der Waals surface area contributed by atoms with E-state index < -0.39 is 29.7 Å². The monoisotopic (exact) mass is 478 g/mol. The van der Waals surface area contributed by atoms with Gasteiger partial charge in [-0.1, -0.05) is 96.9 Å². The SMILES string of the molecule is CC(C)(C)CCCC(C(=O)O)C1=Cc2cccc3cccc(c23)C1C(CCCC(C)(C)C)C(=O)O. The molecular weight excluding hydrogens is 436 g/mol. The summed E-state index contributed by atoms with van der Waals surface area (Å²) >= 11 is 0. The fraction of sp³-hybridized carbons (Fsp3) is 0.548. The second kappa shape index (κ2) is 10.6. The zero-order valence-corrected chi connectivity index (χ0v) is 22.2. The predicted octanol–water partition coefficient (Wildman–Crippen LogP) is 8.15. The molecular formula is C31H42O4. The van der Waals surface area contributed by atoms with E-state index in [9.17, 15) is 19.8 Å². The van der Waals surface area contributed by atoms with Crippen LogP contribution in [0.25, 0.3) is 16.8 Å². The van der Waals surface area contributed by atoms with Gasteiger partial charge in [-0.3, -0.25) is 9.59 Å². The summed E-state index contributed by atoms with van der Waals surface area (Å²) in [7, 11) is 0. The Balaban J connectivity index is 2.09. The molecule has 0 amide bonds. The molecule has 3 unspecified atom stereocenters. The maximum Gasteiger partial charge on any atom is 0.310 e. The van der Waals surface area contributed by atoms with Crippen LogP contribution < -0.4 is 0 Å². The number of carboxylic acids is 2. The molecule has 2 aromatic rings. The maximum atomic E-state index is 12.7. The first-order chi connectivity index (χ1) is 16.3. The minimum atomic E-state index is -0.861. The Labute approximate surface area is 210 Å². The van der Waals surface area contributed by atoms with Crippen LogP contribution in [-0.2, 0) is 9.59 Å². The van der Waals surface area contributed by atoms with Gasteiger partial charge in [0, 0.05) is 5.92 Å². The van der Waals surface area contributed by atoms with Gasteiger partial charge < -0.3 is 10.2 Å². The lowest BCUT2D eigenvalue weighted by Crippen LogP contribution is -2.31. The van der Waals surface area contributed by atoms with Crippen molar-refractivity contribution in [2.75, 3.05) is 0 Å². The van der Waals surface area contributed by atoms with Crippen LogP contribution in [0.1, 0.15) is 97.1 Å². The van der Waals surface area contributed by atoms with Crippen molar-refractivity contribution in [1.82, 2.24) is 0 Å². The second-order valence-electron chi connectivity index (χ2n) is 12.7. The van der Waals surface area contributed by atoms with E-state index >= 15 is 0 Å². The molecule has 4 nitrogen and oxygen atoms in total. The van der Waals surface area contributed by atoms with Gasteiger partial charge >= 0.3 is 11.9 Å². The Morgan fingerprint density at radius 3 is 1.94 bits per heavy atom. The van der Waals surface area contributed by atoms with Gasteiger partial charge in [-0.25, -0.2) is 0 Å². The van der Waals surface area contributed by atoms with Gasteiger partial charge in [-0.15, -0.1) is 0 Å². The Hall–Kier alpha value is -2.62. The Morgan fingerprint density at radius 1 is 0.829 bits per heavy atom. The van der Waals surface area contributed by atoms with Crippen molar-refractivity contribution in [2.45, 2.75) is 86.0 Å². The van der Waals surface area contributed by atoms with Crippen LogP contribution in [0.3, 0.4) is 0 Å². The van der Waals surface area contributed by atoms with Crippen molar-refractivity contribution in [3.63, 3.8) is 0 Å². The summed E-state index contributed by atoms with van der Waals surface area (Å²) in [6.45, 7) is 13.0. The first-order valence-corrected chi connectivity index (χ1v) is 13.0. The average Bonchev–Trinajstić information content (AvgIpc) is 2.73. The fourth-order valence-electron chi connectivity index (χ4n) is 5.55. The smallest absolute Gasteiger partial charge is 0.310 e. The zero-order chi connectivity index (χ0) is 26.0. The van der Waals surface area contributed by atoms with Crippen LogP contribution in [0.2, 0.25) is 0 Å². The molecule has 0 saturated carbocycles. The number of benzene rings is 2. The largest absolute Gasteiger partial charge is 0.481 e. The third-order valence-corrected chi connectivity index (χ3v) is 7.27. The van der Waals surface area contributed by atoms with Crippen LogP contribution in [0.15, 0.2) is 42.0 Å². The lowest BCUT2D eigenvalue weighted by atomic mass is 9.68.